The Morgan fingerprint density at radius 1 is 0.206 bits per heavy atom. The van der Waals surface area contributed by atoms with Gasteiger partial charge in [-0.15, -0.1) is 0 Å². The van der Waals surface area contributed by atoms with Gasteiger partial charge in [0.1, 0.15) is 0 Å². The standard InChI is InChI=1S/C63H63O2P3/c1-10-28-55(29-11-1)46-66(64-67(47-56-30-12-2-13-31-56,48-57-32-14-3-15-33-57,49-58-34-16-4-17-35-58)50-59-36-18-5-19-37-59)65-68(51-60-38-20-6-21-39-60,52-61-40-22-7-23-41-61,53-62-42-24-8-25-43-62)54-63-44-26-9-27-45-63/h1-45H,46-54H2. The monoisotopic (exact) mass is 944 g/mol. The van der Waals surface area contributed by atoms with E-state index >= 15 is 0 Å². The number of rotatable bonds is 22. The van der Waals surface area contributed by atoms with Gasteiger partial charge in [-0.1, -0.05) is 0 Å². The molecule has 0 saturated carbocycles. The molecule has 0 aliphatic carbocycles. The molecule has 0 aliphatic rings. The van der Waals surface area contributed by atoms with Gasteiger partial charge in [0.25, 0.3) is 0 Å². The van der Waals surface area contributed by atoms with Gasteiger partial charge in [0.15, 0.2) is 0 Å². The van der Waals surface area contributed by atoms with Crippen molar-refractivity contribution in [1.29, 1.82) is 0 Å². The summed E-state index contributed by atoms with van der Waals surface area (Å²) in [6, 6.07) is 100. The van der Waals surface area contributed by atoms with Crippen LogP contribution in [0.4, 0.5) is 0 Å². The third-order valence-corrected chi connectivity index (χ3v) is 28.3. The molecule has 0 saturated heterocycles. The second-order valence-electron chi connectivity index (χ2n) is 19.0. The summed E-state index contributed by atoms with van der Waals surface area (Å²) in [6.45, 7) is -7.30. The van der Waals surface area contributed by atoms with Gasteiger partial charge in [0.05, 0.1) is 0 Å². The summed E-state index contributed by atoms with van der Waals surface area (Å²) in [6.07, 6.45) is 7.05. The van der Waals surface area contributed by atoms with Gasteiger partial charge in [-0.25, -0.2) is 0 Å². The van der Waals surface area contributed by atoms with E-state index < -0.39 is 22.0 Å². The number of hydrogen-bond donors (Lipinski definition) is 0. The predicted molar refractivity (Wildman–Crippen MR) is 294 cm³/mol. The zero-order valence-electron chi connectivity index (χ0n) is 39.0. The van der Waals surface area contributed by atoms with Gasteiger partial charge in [0, 0.05) is 0 Å². The van der Waals surface area contributed by atoms with E-state index in [-0.39, 0.29) is 0 Å². The molecule has 0 spiro atoms. The summed E-state index contributed by atoms with van der Waals surface area (Å²) in [7, 11) is -1.66. The van der Waals surface area contributed by atoms with Crippen molar-refractivity contribution in [1.82, 2.24) is 0 Å². The van der Waals surface area contributed by atoms with E-state index in [1.54, 1.807) is 0 Å². The number of hydrogen-bond acceptors (Lipinski definition) is 2. The summed E-state index contributed by atoms with van der Waals surface area (Å²) in [5, 5.41) is 0. The second kappa shape index (κ2) is 22.1. The molecule has 0 unspecified atom stereocenters. The maximum absolute atomic E-state index is 8.88. The van der Waals surface area contributed by atoms with Crippen LogP contribution in [0.5, 0.6) is 0 Å². The van der Waals surface area contributed by atoms with Crippen LogP contribution in [0, 0.1) is 0 Å². The first-order valence-electron chi connectivity index (χ1n) is 24.0. The van der Waals surface area contributed by atoms with Crippen molar-refractivity contribution in [3.8, 4) is 0 Å². The molecule has 0 amide bonds. The molecule has 0 bridgehead atoms. The topological polar surface area (TPSA) is 18.5 Å². The Morgan fingerprint density at radius 3 is 0.515 bits per heavy atom. The van der Waals surface area contributed by atoms with Crippen LogP contribution in [0.1, 0.15) is 50.1 Å². The van der Waals surface area contributed by atoms with Crippen LogP contribution in [0.3, 0.4) is 0 Å². The van der Waals surface area contributed by atoms with Crippen LogP contribution < -0.4 is 0 Å². The van der Waals surface area contributed by atoms with Crippen molar-refractivity contribution < 1.29 is 8.62 Å². The third-order valence-electron chi connectivity index (χ3n) is 13.2. The zero-order chi connectivity index (χ0) is 46.3. The quantitative estimate of drug-likeness (QED) is 0.0631. The van der Waals surface area contributed by atoms with Gasteiger partial charge in [0.2, 0.25) is 0 Å². The molecule has 0 aliphatic heterocycles. The average molecular weight is 945 g/mol. The van der Waals surface area contributed by atoms with Crippen LogP contribution >= 0.6 is 22.0 Å². The van der Waals surface area contributed by atoms with Crippen LogP contribution in [0.2, 0.25) is 0 Å². The second-order valence-corrected chi connectivity index (χ2v) is 31.3. The van der Waals surface area contributed by atoms with Crippen LogP contribution in [0.25, 0.3) is 0 Å². The normalized spacial score (nSPS) is 13.4. The molecule has 0 N–H and O–H groups in total. The number of benzene rings is 9. The molecule has 0 heterocycles. The van der Waals surface area contributed by atoms with E-state index in [1.165, 1.54) is 50.1 Å². The fourth-order valence-corrected chi connectivity index (χ4v) is 28.3. The molecular weight excluding hydrogens is 882 g/mol. The van der Waals surface area contributed by atoms with Gasteiger partial charge in [-0.3, -0.25) is 0 Å². The first-order chi connectivity index (χ1) is 33.4. The van der Waals surface area contributed by atoms with Crippen LogP contribution in [-0.4, -0.2) is 0 Å². The van der Waals surface area contributed by atoms with Crippen molar-refractivity contribution in [2.75, 3.05) is 0 Å². The summed E-state index contributed by atoms with van der Waals surface area (Å²) in [5.74, 6) is 0. The van der Waals surface area contributed by atoms with E-state index in [9.17, 15) is 0 Å². The van der Waals surface area contributed by atoms with Crippen molar-refractivity contribution in [2.24, 2.45) is 0 Å². The minimum absolute atomic E-state index is 0.659. The van der Waals surface area contributed by atoms with Crippen molar-refractivity contribution >= 4 is 22.0 Å². The summed E-state index contributed by atoms with van der Waals surface area (Å²) >= 11 is 0. The Hall–Kier alpha value is -5.81. The van der Waals surface area contributed by atoms with Crippen molar-refractivity contribution in [3.63, 3.8) is 0 Å². The van der Waals surface area contributed by atoms with Gasteiger partial charge in [-0.05, 0) is 0 Å². The molecule has 0 atom stereocenters. The Kier molecular flexibility index (Phi) is 15.3. The Bertz CT molecular complexity index is 2340. The van der Waals surface area contributed by atoms with Crippen molar-refractivity contribution in [2.45, 2.75) is 55.5 Å². The fourth-order valence-electron chi connectivity index (χ4n) is 10.6. The predicted octanol–water partition coefficient (Wildman–Crippen LogP) is 18.1. The van der Waals surface area contributed by atoms with Gasteiger partial charge >= 0.3 is 409 Å². The molecule has 0 radical (unpaired) electrons. The van der Waals surface area contributed by atoms with Crippen LogP contribution in [0.15, 0.2) is 273 Å². The van der Waals surface area contributed by atoms with E-state index in [0.717, 1.165) is 49.3 Å². The SMILES string of the molecule is c1ccc(CP(OP(Cc2ccccc2)(Cc2ccccc2)(Cc2ccccc2)Cc2ccccc2)OP(Cc2ccccc2)(Cc2ccccc2)(Cc2ccccc2)Cc2ccccc2)cc1. The molecule has 9 aromatic rings. The Labute approximate surface area is 407 Å². The minimum atomic E-state index is -3.65. The zero-order valence-corrected chi connectivity index (χ0v) is 41.7. The fraction of sp³-hybridized carbons (Fsp3) is 0.143. The molecule has 0 aromatic heterocycles. The molecule has 2 nitrogen and oxygen atoms in total. The molecule has 342 valence electrons. The molecule has 9 aromatic carbocycles. The summed E-state index contributed by atoms with van der Waals surface area (Å²) in [5.41, 5.74) is 11.6. The molecule has 9 rings (SSSR count). The van der Waals surface area contributed by atoms with Gasteiger partial charge in [-0.2, -0.15) is 0 Å². The van der Waals surface area contributed by atoms with E-state index in [0.29, 0.717) is 6.16 Å². The van der Waals surface area contributed by atoms with Gasteiger partial charge < -0.3 is 0 Å². The third kappa shape index (κ3) is 12.4. The summed E-state index contributed by atoms with van der Waals surface area (Å²) in [4.78, 5) is 0. The van der Waals surface area contributed by atoms with E-state index in [2.05, 4.69) is 273 Å². The van der Waals surface area contributed by atoms with Crippen LogP contribution in [-0.2, 0) is 64.1 Å². The first-order valence-corrected chi connectivity index (χ1v) is 31.1. The molecule has 68 heavy (non-hydrogen) atoms. The maximum atomic E-state index is 8.88. The molecular formula is C63H63O2P3. The van der Waals surface area contributed by atoms with E-state index in [4.69, 9.17) is 8.62 Å². The Morgan fingerprint density at radius 2 is 0.353 bits per heavy atom. The van der Waals surface area contributed by atoms with Crippen molar-refractivity contribution in [3.05, 3.63) is 323 Å². The Balaban J connectivity index is 1.35. The molecule has 5 heteroatoms. The molecule has 0 fully saturated rings. The van der Waals surface area contributed by atoms with E-state index in [1.807, 2.05) is 0 Å². The average Bonchev–Trinajstić information content (AvgIpc) is 3.36. The summed E-state index contributed by atoms with van der Waals surface area (Å²) < 4.78 is 17.8. The first kappa shape index (κ1) is 47.3.